The molecule has 0 bridgehead atoms. The van der Waals surface area contributed by atoms with Crippen molar-refractivity contribution < 1.29 is 0 Å². The first-order valence-corrected chi connectivity index (χ1v) is 7.11. The average Bonchev–Trinajstić information content (AvgIpc) is 2.60. The molecule has 0 aromatic rings. The zero-order valence-corrected chi connectivity index (χ0v) is 11.5. The second kappa shape index (κ2) is 6.16. The van der Waals surface area contributed by atoms with E-state index in [1.165, 1.54) is 38.5 Å². The number of allylic oxidation sites excluding steroid dienone is 4. The van der Waals surface area contributed by atoms with E-state index in [1.54, 1.807) is 0 Å². The third kappa shape index (κ3) is 3.54. The Labute approximate surface area is 111 Å². The summed E-state index contributed by atoms with van der Waals surface area (Å²) in [5.74, 6) is -0.183. The molecule has 0 spiro atoms. The van der Waals surface area contributed by atoms with Crippen molar-refractivity contribution in [1.82, 2.24) is 0 Å². The molecule has 2 nitrogen and oxygen atoms in total. The molecule has 0 saturated heterocycles. The second-order valence-corrected chi connectivity index (χ2v) is 5.61. The fourth-order valence-electron chi connectivity index (χ4n) is 2.39. The largest absolute Gasteiger partial charge is 0.285 e. The number of aliphatic imine (C=N–C) groups is 1. The standard InChI is InChI=1S/C14H17BrN2/c15-12-7-8-14(11(9-12)10-16)17-13-5-3-1-2-4-6-13/h7-9,11,13H,1-6H2. The molecule has 2 rings (SSSR count). The van der Waals surface area contributed by atoms with Crippen molar-refractivity contribution in [3.63, 3.8) is 0 Å². The van der Waals surface area contributed by atoms with Crippen LogP contribution in [0.1, 0.15) is 38.5 Å². The molecule has 0 aromatic heterocycles. The van der Waals surface area contributed by atoms with Gasteiger partial charge in [0.05, 0.1) is 17.8 Å². The summed E-state index contributed by atoms with van der Waals surface area (Å²) in [4.78, 5) is 4.78. The van der Waals surface area contributed by atoms with Gasteiger partial charge in [-0.15, -0.1) is 0 Å². The molecule has 2 aliphatic rings. The van der Waals surface area contributed by atoms with Gasteiger partial charge in [-0.25, -0.2) is 0 Å². The lowest BCUT2D eigenvalue weighted by molar-refractivity contribution is 0.584. The smallest absolute Gasteiger partial charge is 0.107 e. The lowest BCUT2D eigenvalue weighted by Gasteiger charge is -2.15. The molecular weight excluding hydrogens is 276 g/mol. The van der Waals surface area contributed by atoms with Crippen molar-refractivity contribution in [3.8, 4) is 6.07 Å². The summed E-state index contributed by atoms with van der Waals surface area (Å²) in [5.41, 5.74) is 0.933. The van der Waals surface area contributed by atoms with E-state index in [-0.39, 0.29) is 5.92 Å². The lowest BCUT2D eigenvalue weighted by Crippen LogP contribution is -2.15. The zero-order valence-electron chi connectivity index (χ0n) is 9.90. The molecule has 1 atom stereocenters. The first kappa shape index (κ1) is 12.6. The number of nitriles is 1. The van der Waals surface area contributed by atoms with Crippen LogP contribution in [0.2, 0.25) is 0 Å². The molecule has 2 aliphatic carbocycles. The van der Waals surface area contributed by atoms with Crippen LogP contribution in [-0.2, 0) is 0 Å². The molecule has 1 saturated carbocycles. The molecular formula is C14H17BrN2. The third-order valence-electron chi connectivity index (χ3n) is 3.35. The Morgan fingerprint density at radius 1 is 1.18 bits per heavy atom. The van der Waals surface area contributed by atoms with Crippen LogP contribution in [-0.4, -0.2) is 11.8 Å². The van der Waals surface area contributed by atoms with Gasteiger partial charge >= 0.3 is 0 Å². The minimum Gasteiger partial charge on any atom is -0.285 e. The summed E-state index contributed by atoms with van der Waals surface area (Å²) in [5, 5.41) is 9.13. The zero-order chi connectivity index (χ0) is 12.1. The Morgan fingerprint density at radius 2 is 1.88 bits per heavy atom. The van der Waals surface area contributed by atoms with Crippen LogP contribution in [0.25, 0.3) is 0 Å². The van der Waals surface area contributed by atoms with Crippen molar-refractivity contribution in [2.24, 2.45) is 10.9 Å². The highest BCUT2D eigenvalue weighted by molar-refractivity contribution is 9.11. The molecule has 0 amide bonds. The summed E-state index contributed by atoms with van der Waals surface area (Å²) >= 11 is 3.40. The van der Waals surface area contributed by atoms with Crippen molar-refractivity contribution in [1.29, 1.82) is 5.26 Å². The van der Waals surface area contributed by atoms with E-state index >= 15 is 0 Å². The van der Waals surface area contributed by atoms with E-state index in [1.807, 2.05) is 18.2 Å². The summed E-state index contributed by atoms with van der Waals surface area (Å²) in [7, 11) is 0. The third-order valence-corrected chi connectivity index (χ3v) is 3.88. The maximum atomic E-state index is 9.13. The maximum absolute atomic E-state index is 9.13. The van der Waals surface area contributed by atoms with Crippen LogP contribution in [0.4, 0.5) is 0 Å². The van der Waals surface area contributed by atoms with Crippen molar-refractivity contribution in [2.45, 2.75) is 44.6 Å². The highest BCUT2D eigenvalue weighted by atomic mass is 79.9. The Hall–Kier alpha value is -0.880. The molecule has 0 heterocycles. The van der Waals surface area contributed by atoms with Gasteiger partial charge in [-0.1, -0.05) is 41.6 Å². The fraction of sp³-hybridized carbons (Fsp3) is 0.571. The molecule has 0 aliphatic heterocycles. The van der Waals surface area contributed by atoms with Gasteiger partial charge in [0.1, 0.15) is 5.92 Å². The summed E-state index contributed by atoms with van der Waals surface area (Å²) < 4.78 is 0.976. The van der Waals surface area contributed by atoms with E-state index < -0.39 is 0 Å². The topological polar surface area (TPSA) is 36.1 Å². The highest BCUT2D eigenvalue weighted by Crippen LogP contribution is 2.23. The van der Waals surface area contributed by atoms with Gasteiger partial charge in [-0.05, 0) is 31.1 Å². The van der Waals surface area contributed by atoms with E-state index in [9.17, 15) is 0 Å². The van der Waals surface area contributed by atoms with Crippen LogP contribution in [0.3, 0.4) is 0 Å². The van der Waals surface area contributed by atoms with Gasteiger partial charge in [0.2, 0.25) is 0 Å². The minimum absolute atomic E-state index is 0.183. The van der Waals surface area contributed by atoms with Crippen LogP contribution in [0, 0.1) is 17.2 Å². The molecule has 90 valence electrons. The number of rotatable bonds is 1. The number of halogens is 1. The monoisotopic (exact) mass is 292 g/mol. The summed E-state index contributed by atoms with van der Waals surface area (Å²) in [6, 6.07) is 2.73. The molecule has 1 unspecified atom stereocenters. The molecule has 0 radical (unpaired) electrons. The lowest BCUT2D eigenvalue weighted by atomic mass is 9.99. The second-order valence-electron chi connectivity index (χ2n) is 4.69. The first-order valence-electron chi connectivity index (χ1n) is 6.32. The van der Waals surface area contributed by atoms with E-state index in [4.69, 9.17) is 10.3 Å². The summed E-state index contributed by atoms with van der Waals surface area (Å²) in [6.07, 6.45) is 13.5. The number of hydrogen-bond donors (Lipinski definition) is 0. The van der Waals surface area contributed by atoms with Gasteiger partial charge in [-0.3, -0.25) is 4.99 Å². The van der Waals surface area contributed by atoms with Crippen molar-refractivity contribution in [3.05, 3.63) is 22.7 Å². The van der Waals surface area contributed by atoms with Crippen molar-refractivity contribution in [2.75, 3.05) is 0 Å². The summed E-state index contributed by atoms with van der Waals surface area (Å²) in [6.45, 7) is 0. The van der Waals surface area contributed by atoms with Crippen LogP contribution in [0.15, 0.2) is 27.7 Å². The first-order chi connectivity index (χ1) is 8.29. The Balaban J connectivity index is 2.10. The Morgan fingerprint density at radius 3 is 2.53 bits per heavy atom. The van der Waals surface area contributed by atoms with Gasteiger partial charge in [0.15, 0.2) is 0 Å². The van der Waals surface area contributed by atoms with E-state index in [0.29, 0.717) is 6.04 Å². The molecule has 1 fully saturated rings. The quantitative estimate of drug-likeness (QED) is 0.669. The van der Waals surface area contributed by atoms with Gasteiger partial charge in [0, 0.05) is 4.48 Å². The van der Waals surface area contributed by atoms with Crippen LogP contribution in [0.5, 0.6) is 0 Å². The van der Waals surface area contributed by atoms with Crippen molar-refractivity contribution >= 4 is 21.6 Å². The van der Waals surface area contributed by atoms with Gasteiger partial charge in [-0.2, -0.15) is 5.26 Å². The molecule has 3 heteroatoms. The number of hydrogen-bond acceptors (Lipinski definition) is 2. The van der Waals surface area contributed by atoms with Crippen LogP contribution < -0.4 is 0 Å². The average molecular weight is 293 g/mol. The van der Waals surface area contributed by atoms with Crippen LogP contribution >= 0.6 is 15.9 Å². The van der Waals surface area contributed by atoms with E-state index in [0.717, 1.165) is 10.2 Å². The Kier molecular flexibility index (Phi) is 4.56. The molecule has 0 aromatic carbocycles. The molecule has 17 heavy (non-hydrogen) atoms. The van der Waals surface area contributed by atoms with Gasteiger partial charge < -0.3 is 0 Å². The Bertz CT molecular complexity index is 393. The van der Waals surface area contributed by atoms with Gasteiger partial charge in [0.25, 0.3) is 0 Å². The SMILES string of the molecule is N#CC1C=C(Br)C=CC1=NC1CCCCCC1. The number of nitrogens with zero attached hydrogens (tertiary/aromatic N) is 2. The predicted molar refractivity (Wildman–Crippen MR) is 74.2 cm³/mol. The predicted octanol–water partition coefficient (Wildman–Crippen LogP) is 4.14. The minimum atomic E-state index is -0.183. The normalized spacial score (nSPS) is 28.6. The fourth-order valence-corrected chi connectivity index (χ4v) is 2.79. The van der Waals surface area contributed by atoms with E-state index in [2.05, 4.69) is 22.0 Å². The molecule has 0 N–H and O–H groups in total. The highest BCUT2D eigenvalue weighted by Gasteiger charge is 2.17. The maximum Gasteiger partial charge on any atom is 0.107 e.